The zero-order chi connectivity index (χ0) is 14.0. The number of fused-ring (bicyclic) bond motifs is 1. The van der Waals surface area contributed by atoms with Crippen LogP contribution in [0.4, 0.5) is 5.95 Å². The summed E-state index contributed by atoms with van der Waals surface area (Å²) in [4.78, 5) is 4.47. The molecule has 102 valence electrons. The molecule has 1 aromatic heterocycles. The molecule has 0 bridgehead atoms. The Kier molecular flexibility index (Phi) is 2.23. The van der Waals surface area contributed by atoms with Gasteiger partial charge in [-0.2, -0.15) is 0 Å². The van der Waals surface area contributed by atoms with Crippen molar-refractivity contribution in [2.45, 2.75) is 33.7 Å². The van der Waals surface area contributed by atoms with E-state index in [1.165, 1.54) is 0 Å². The van der Waals surface area contributed by atoms with Crippen molar-refractivity contribution in [2.24, 2.45) is 10.8 Å². The maximum absolute atomic E-state index is 6.14. The first kappa shape index (κ1) is 12.3. The van der Waals surface area contributed by atoms with Crippen LogP contribution in [-0.4, -0.2) is 16.7 Å². The van der Waals surface area contributed by atoms with Gasteiger partial charge < -0.3 is 15.0 Å². The van der Waals surface area contributed by atoms with E-state index in [9.17, 15) is 0 Å². The molecule has 4 heteroatoms. The second-order valence-corrected chi connectivity index (χ2v) is 6.54. The Morgan fingerprint density at radius 3 is 2.37 bits per heavy atom. The Bertz CT molecular complexity index is 641. The van der Waals surface area contributed by atoms with Gasteiger partial charge in [-0.3, -0.25) is 0 Å². The lowest BCUT2D eigenvalue weighted by Gasteiger charge is -2.09. The van der Waals surface area contributed by atoms with Crippen molar-refractivity contribution in [2.75, 3.05) is 12.8 Å². The Morgan fingerprint density at radius 1 is 1.21 bits per heavy atom. The lowest BCUT2D eigenvalue weighted by molar-refractivity contribution is 0.415. The van der Waals surface area contributed by atoms with Gasteiger partial charge in [0.15, 0.2) is 0 Å². The number of methoxy groups -OCH3 is 1. The van der Waals surface area contributed by atoms with E-state index in [1.807, 2.05) is 18.2 Å². The van der Waals surface area contributed by atoms with Gasteiger partial charge in [-0.05, 0) is 23.0 Å². The lowest BCUT2D eigenvalue weighted by Crippen LogP contribution is -2.05. The number of anilines is 1. The van der Waals surface area contributed by atoms with Crippen molar-refractivity contribution in [3.8, 4) is 5.75 Å². The number of ether oxygens (including phenoxy) is 1. The van der Waals surface area contributed by atoms with Gasteiger partial charge >= 0.3 is 0 Å². The van der Waals surface area contributed by atoms with E-state index in [0.717, 1.165) is 16.8 Å². The molecule has 0 radical (unpaired) electrons. The molecule has 1 aliphatic rings. The summed E-state index contributed by atoms with van der Waals surface area (Å²) in [5, 5.41) is 0. The summed E-state index contributed by atoms with van der Waals surface area (Å²) in [6, 6.07) is 6.27. The van der Waals surface area contributed by atoms with Gasteiger partial charge in [0.1, 0.15) is 5.75 Å². The van der Waals surface area contributed by atoms with Crippen LogP contribution in [0.15, 0.2) is 18.2 Å². The maximum atomic E-state index is 6.14. The largest absolute Gasteiger partial charge is 0.497 e. The van der Waals surface area contributed by atoms with Gasteiger partial charge in [0.25, 0.3) is 0 Å². The van der Waals surface area contributed by atoms with Crippen molar-refractivity contribution < 1.29 is 4.74 Å². The molecule has 1 heterocycles. The van der Waals surface area contributed by atoms with Crippen LogP contribution < -0.4 is 10.5 Å². The lowest BCUT2D eigenvalue weighted by atomic mass is 10.0. The molecule has 0 amide bonds. The summed E-state index contributed by atoms with van der Waals surface area (Å²) < 4.78 is 7.47. The number of nitrogens with two attached hydrogens (primary N) is 1. The van der Waals surface area contributed by atoms with Crippen LogP contribution in [0.1, 0.15) is 33.7 Å². The molecule has 0 spiro atoms. The van der Waals surface area contributed by atoms with Crippen LogP contribution in [0.2, 0.25) is 0 Å². The predicted molar refractivity (Wildman–Crippen MR) is 77.3 cm³/mol. The van der Waals surface area contributed by atoms with Crippen molar-refractivity contribution in [1.29, 1.82) is 0 Å². The Labute approximate surface area is 113 Å². The minimum atomic E-state index is 0.220. The molecule has 0 saturated heterocycles. The van der Waals surface area contributed by atoms with Crippen molar-refractivity contribution in [3.05, 3.63) is 18.2 Å². The van der Waals surface area contributed by atoms with Crippen LogP contribution in [0.5, 0.6) is 5.75 Å². The number of aromatic nitrogens is 2. The normalized spacial score (nSPS) is 20.7. The number of imidazole rings is 1. The first-order valence-corrected chi connectivity index (χ1v) is 6.62. The molecule has 4 nitrogen and oxygen atoms in total. The molecule has 2 aromatic rings. The third kappa shape index (κ3) is 1.43. The summed E-state index contributed by atoms with van der Waals surface area (Å²) in [6.07, 6.45) is 0. The SMILES string of the molecule is COc1ccc2nc(N)n(C3C(C)(C)C3(C)C)c2c1. The summed E-state index contributed by atoms with van der Waals surface area (Å²) in [5.74, 6) is 1.43. The molecule has 0 unspecified atom stereocenters. The Hall–Kier alpha value is -1.71. The highest BCUT2D eigenvalue weighted by Gasteiger charge is 2.66. The minimum absolute atomic E-state index is 0.220. The van der Waals surface area contributed by atoms with E-state index < -0.39 is 0 Å². The number of hydrogen-bond acceptors (Lipinski definition) is 3. The second-order valence-electron chi connectivity index (χ2n) is 6.54. The second kappa shape index (κ2) is 3.44. The minimum Gasteiger partial charge on any atom is -0.497 e. The van der Waals surface area contributed by atoms with E-state index >= 15 is 0 Å². The highest BCUT2D eigenvalue weighted by Crippen LogP contribution is 2.72. The third-order valence-corrected chi connectivity index (χ3v) is 5.13. The van der Waals surface area contributed by atoms with Crippen LogP contribution in [0, 0.1) is 10.8 Å². The quantitative estimate of drug-likeness (QED) is 0.900. The predicted octanol–water partition coefficient (Wildman–Crippen LogP) is 3.23. The van der Waals surface area contributed by atoms with Gasteiger partial charge in [-0.1, -0.05) is 27.7 Å². The summed E-state index contributed by atoms with van der Waals surface area (Å²) in [5.41, 5.74) is 8.56. The fourth-order valence-corrected chi connectivity index (χ4v) is 3.30. The van der Waals surface area contributed by atoms with Crippen LogP contribution in [-0.2, 0) is 0 Å². The molecule has 19 heavy (non-hydrogen) atoms. The maximum Gasteiger partial charge on any atom is 0.201 e. The summed E-state index contributed by atoms with van der Waals surface area (Å²) >= 11 is 0. The smallest absolute Gasteiger partial charge is 0.201 e. The number of nitrogens with zero attached hydrogens (tertiary/aromatic N) is 2. The molecular weight excluding hydrogens is 238 g/mol. The molecule has 1 saturated carbocycles. The Morgan fingerprint density at radius 2 is 1.84 bits per heavy atom. The summed E-state index contributed by atoms with van der Waals surface area (Å²) in [7, 11) is 1.68. The van der Waals surface area contributed by atoms with Crippen molar-refractivity contribution in [3.63, 3.8) is 0 Å². The fourth-order valence-electron chi connectivity index (χ4n) is 3.30. The first-order chi connectivity index (χ1) is 8.80. The van der Waals surface area contributed by atoms with Gasteiger partial charge in [0, 0.05) is 12.1 Å². The average Bonchev–Trinajstić information content (AvgIpc) is 2.63. The monoisotopic (exact) mass is 259 g/mol. The van der Waals surface area contributed by atoms with Gasteiger partial charge in [0.05, 0.1) is 18.1 Å². The molecule has 1 aromatic carbocycles. The van der Waals surface area contributed by atoms with Crippen LogP contribution in [0.25, 0.3) is 11.0 Å². The number of benzene rings is 1. The number of nitrogen functional groups attached to an aromatic ring is 1. The molecule has 2 N–H and O–H groups in total. The van der Waals surface area contributed by atoms with E-state index in [1.54, 1.807) is 7.11 Å². The van der Waals surface area contributed by atoms with Crippen molar-refractivity contribution in [1.82, 2.24) is 9.55 Å². The van der Waals surface area contributed by atoms with Gasteiger partial charge in [-0.25, -0.2) is 4.98 Å². The van der Waals surface area contributed by atoms with Gasteiger partial charge in [-0.15, -0.1) is 0 Å². The van der Waals surface area contributed by atoms with Crippen LogP contribution >= 0.6 is 0 Å². The molecular formula is C15H21N3O. The fraction of sp³-hybridized carbons (Fsp3) is 0.533. The van der Waals surface area contributed by atoms with E-state index in [-0.39, 0.29) is 10.8 Å². The van der Waals surface area contributed by atoms with Gasteiger partial charge in [0.2, 0.25) is 5.95 Å². The number of hydrogen-bond donors (Lipinski definition) is 1. The molecule has 1 aliphatic carbocycles. The highest BCUT2D eigenvalue weighted by molar-refractivity contribution is 5.80. The Balaban J connectivity index is 2.22. The van der Waals surface area contributed by atoms with Crippen molar-refractivity contribution >= 4 is 17.0 Å². The molecule has 1 fully saturated rings. The molecule has 0 aliphatic heterocycles. The highest BCUT2D eigenvalue weighted by atomic mass is 16.5. The van der Waals surface area contributed by atoms with E-state index in [0.29, 0.717) is 12.0 Å². The molecule has 0 atom stereocenters. The zero-order valence-electron chi connectivity index (χ0n) is 12.2. The zero-order valence-corrected chi connectivity index (χ0v) is 12.2. The van der Waals surface area contributed by atoms with E-state index in [2.05, 4.69) is 37.2 Å². The molecule has 3 rings (SSSR count). The first-order valence-electron chi connectivity index (χ1n) is 6.62. The number of rotatable bonds is 2. The average molecular weight is 259 g/mol. The van der Waals surface area contributed by atoms with Crippen LogP contribution in [0.3, 0.4) is 0 Å². The third-order valence-electron chi connectivity index (χ3n) is 5.13. The summed E-state index contributed by atoms with van der Waals surface area (Å²) in [6.45, 7) is 9.12. The van der Waals surface area contributed by atoms with E-state index in [4.69, 9.17) is 10.5 Å². The topological polar surface area (TPSA) is 53.1 Å². The standard InChI is InChI=1S/C15H21N3O/c1-14(2)12(15(14,3)4)18-11-8-9(19-5)6-7-10(11)17-13(18)16/h6-8,12H,1-5H3,(H2,16,17).